The standard InChI is InChI=1S/C15H14Cl2FN3O2/c1-15(2,3)23-14(22)21(10-6-4-9(18)5-7-10)12-11(16)8-19-13(17)20-12/h4-8H,1-3H3. The summed E-state index contributed by atoms with van der Waals surface area (Å²) in [6, 6.07) is 5.24. The summed E-state index contributed by atoms with van der Waals surface area (Å²) < 4.78 is 18.5. The highest BCUT2D eigenvalue weighted by molar-refractivity contribution is 6.34. The lowest BCUT2D eigenvalue weighted by Gasteiger charge is -2.27. The van der Waals surface area contributed by atoms with Crippen molar-refractivity contribution in [1.29, 1.82) is 0 Å². The van der Waals surface area contributed by atoms with Crippen molar-refractivity contribution in [2.45, 2.75) is 26.4 Å². The number of hydrogen-bond acceptors (Lipinski definition) is 4. The Kier molecular flexibility index (Phi) is 5.06. The topological polar surface area (TPSA) is 55.3 Å². The lowest BCUT2D eigenvalue weighted by atomic mass is 10.2. The number of aromatic nitrogens is 2. The molecule has 0 aliphatic carbocycles. The molecule has 0 spiro atoms. The summed E-state index contributed by atoms with van der Waals surface area (Å²) in [5, 5.41) is 0.0182. The fourth-order valence-electron chi connectivity index (χ4n) is 1.71. The first kappa shape index (κ1) is 17.4. The van der Waals surface area contributed by atoms with Gasteiger partial charge in [0, 0.05) is 0 Å². The molecule has 1 heterocycles. The molecule has 0 bridgehead atoms. The van der Waals surface area contributed by atoms with Crippen LogP contribution < -0.4 is 4.90 Å². The lowest BCUT2D eigenvalue weighted by molar-refractivity contribution is 0.0598. The second-order valence-corrected chi connectivity index (χ2v) is 6.35. The van der Waals surface area contributed by atoms with E-state index in [0.717, 1.165) is 4.90 Å². The summed E-state index contributed by atoms with van der Waals surface area (Å²) >= 11 is 11.9. The van der Waals surface area contributed by atoms with Crippen LogP contribution in [-0.2, 0) is 4.74 Å². The van der Waals surface area contributed by atoms with E-state index in [1.54, 1.807) is 20.8 Å². The molecule has 0 saturated heterocycles. The zero-order chi connectivity index (χ0) is 17.2. The zero-order valence-electron chi connectivity index (χ0n) is 12.7. The quantitative estimate of drug-likeness (QED) is 0.710. The molecule has 0 aliphatic heterocycles. The Morgan fingerprint density at radius 2 is 1.83 bits per heavy atom. The molecule has 1 aromatic heterocycles. The van der Waals surface area contributed by atoms with Gasteiger partial charge >= 0.3 is 6.09 Å². The third kappa shape index (κ3) is 4.53. The van der Waals surface area contributed by atoms with Gasteiger partial charge in [0.25, 0.3) is 0 Å². The Hall–Kier alpha value is -1.92. The van der Waals surface area contributed by atoms with Gasteiger partial charge in [0.2, 0.25) is 5.28 Å². The van der Waals surface area contributed by atoms with E-state index in [1.807, 2.05) is 0 Å². The Bertz CT molecular complexity index is 718. The van der Waals surface area contributed by atoms with Gasteiger partial charge in [-0.1, -0.05) is 11.6 Å². The van der Waals surface area contributed by atoms with E-state index in [-0.39, 0.29) is 16.1 Å². The molecule has 122 valence electrons. The van der Waals surface area contributed by atoms with Crippen molar-refractivity contribution in [3.8, 4) is 0 Å². The average Bonchev–Trinajstić information content (AvgIpc) is 2.43. The maximum Gasteiger partial charge on any atom is 0.420 e. The fraction of sp³-hybridized carbons (Fsp3) is 0.267. The summed E-state index contributed by atoms with van der Waals surface area (Å²) in [5.74, 6) is -0.391. The summed E-state index contributed by atoms with van der Waals surface area (Å²) in [7, 11) is 0. The summed E-state index contributed by atoms with van der Waals surface area (Å²) in [5.41, 5.74) is -0.407. The zero-order valence-corrected chi connectivity index (χ0v) is 14.2. The van der Waals surface area contributed by atoms with Gasteiger partial charge < -0.3 is 4.74 Å². The van der Waals surface area contributed by atoms with E-state index in [1.165, 1.54) is 30.5 Å². The third-order valence-corrected chi connectivity index (χ3v) is 3.02. The predicted octanol–water partition coefficient (Wildman–Crippen LogP) is 5.00. The van der Waals surface area contributed by atoms with Crippen molar-refractivity contribution in [1.82, 2.24) is 9.97 Å². The van der Waals surface area contributed by atoms with Crippen molar-refractivity contribution in [3.05, 3.63) is 46.6 Å². The van der Waals surface area contributed by atoms with Gasteiger partial charge in [-0.2, -0.15) is 4.98 Å². The van der Waals surface area contributed by atoms with E-state index < -0.39 is 17.5 Å². The summed E-state index contributed by atoms with van der Waals surface area (Å²) in [6.07, 6.45) is 0.549. The molecule has 1 aromatic carbocycles. The minimum absolute atomic E-state index is 0.0486. The Labute approximate surface area is 143 Å². The number of rotatable bonds is 2. The van der Waals surface area contributed by atoms with E-state index in [9.17, 15) is 9.18 Å². The number of amides is 1. The fourth-order valence-corrected chi connectivity index (χ4v) is 2.01. The van der Waals surface area contributed by atoms with E-state index in [2.05, 4.69) is 9.97 Å². The minimum atomic E-state index is -0.737. The van der Waals surface area contributed by atoms with Crippen molar-refractivity contribution in [2.75, 3.05) is 4.90 Å². The van der Waals surface area contributed by atoms with E-state index >= 15 is 0 Å². The summed E-state index contributed by atoms with van der Waals surface area (Å²) in [6.45, 7) is 5.17. The average molecular weight is 358 g/mol. The monoisotopic (exact) mass is 357 g/mol. The number of benzene rings is 1. The van der Waals surface area contributed by atoms with Gasteiger partial charge in [0.05, 0.1) is 11.9 Å². The van der Waals surface area contributed by atoms with Crippen LogP contribution in [0.4, 0.5) is 20.7 Å². The number of hydrogen-bond donors (Lipinski definition) is 0. The molecule has 0 saturated carbocycles. The van der Waals surface area contributed by atoms with Gasteiger partial charge in [-0.25, -0.2) is 19.1 Å². The third-order valence-electron chi connectivity index (χ3n) is 2.57. The molecular weight excluding hydrogens is 344 g/mol. The minimum Gasteiger partial charge on any atom is -0.443 e. The molecule has 0 fully saturated rings. The van der Waals surface area contributed by atoms with Crippen LogP contribution in [0.2, 0.25) is 10.3 Å². The first-order valence-corrected chi connectivity index (χ1v) is 7.40. The largest absolute Gasteiger partial charge is 0.443 e. The van der Waals surface area contributed by atoms with Crippen LogP contribution in [0.1, 0.15) is 20.8 Å². The second kappa shape index (κ2) is 6.68. The molecule has 0 N–H and O–H groups in total. The smallest absolute Gasteiger partial charge is 0.420 e. The molecule has 5 nitrogen and oxygen atoms in total. The van der Waals surface area contributed by atoms with E-state index in [0.29, 0.717) is 5.69 Å². The maximum atomic E-state index is 13.2. The van der Waals surface area contributed by atoms with Gasteiger partial charge in [-0.15, -0.1) is 0 Å². The normalized spacial score (nSPS) is 11.2. The predicted molar refractivity (Wildman–Crippen MR) is 86.8 cm³/mol. The summed E-state index contributed by atoms with van der Waals surface area (Å²) in [4.78, 5) is 21.4. The molecule has 1 amide bonds. The Morgan fingerprint density at radius 3 is 2.39 bits per heavy atom. The van der Waals surface area contributed by atoms with Gasteiger partial charge in [0.15, 0.2) is 5.82 Å². The van der Waals surface area contributed by atoms with Crippen LogP contribution >= 0.6 is 23.2 Å². The molecule has 0 aliphatic rings. The maximum absolute atomic E-state index is 13.2. The van der Waals surface area contributed by atoms with Crippen LogP contribution in [0.5, 0.6) is 0 Å². The Balaban J connectivity index is 2.53. The molecule has 0 atom stereocenters. The van der Waals surface area contributed by atoms with Gasteiger partial charge in [-0.05, 0) is 56.6 Å². The van der Waals surface area contributed by atoms with Gasteiger partial charge in [0.1, 0.15) is 16.4 Å². The van der Waals surface area contributed by atoms with E-state index in [4.69, 9.17) is 27.9 Å². The number of anilines is 2. The number of carbonyl (C=O) groups is 1. The molecular formula is C15H14Cl2FN3O2. The molecule has 0 radical (unpaired) electrons. The van der Waals surface area contributed by atoms with Crippen LogP contribution in [0.15, 0.2) is 30.5 Å². The molecule has 8 heteroatoms. The highest BCUT2D eigenvalue weighted by Crippen LogP contribution is 2.32. The second-order valence-electron chi connectivity index (χ2n) is 5.60. The Morgan fingerprint density at radius 1 is 1.22 bits per heavy atom. The first-order chi connectivity index (χ1) is 10.7. The number of halogens is 3. The van der Waals surface area contributed by atoms with Crippen molar-refractivity contribution in [3.63, 3.8) is 0 Å². The SMILES string of the molecule is CC(C)(C)OC(=O)N(c1ccc(F)cc1)c1nc(Cl)ncc1Cl. The van der Waals surface area contributed by atoms with Crippen LogP contribution in [0.25, 0.3) is 0 Å². The lowest BCUT2D eigenvalue weighted by Crippen LogP contribution is -2.34. The number of carbonyl (C=O) groups excluding carboxylic acids is 1. The van der Waals surface area contributed by atoms with Crippen molar-refractivity contribution < 1.29 is 13.9 Å². The molecule has 0 unspecified atom stereocenters. The van der Waals surface area contributed by atoms with Crippen molar-refractivity contribution >= 4 is 40.8 Å². The van der Waals surface area contributed by atoms with Gasteiger partial charge in [-0.3, -0.25) is 0 Å². The highest BCUT2D eigenvalue weighted by atomic mass is 35.5. The number of nitrogens with zero attached hydrogens (tertiary/aromatic N) is 3. The number of ether oxygens (including phenoxy) is 1. The highest BCUT2D eigenvalue weighted by Gasteiger charge is 2.28. The van der Waals surface area contributed by atoms with Crippen LogP contribution in [0.3, 0.4) is 0 Å². The first-order valence-electron chi connectivity index (χ1n) is 6.64. The molecule has 23 heavy (non-hydrogen) atoms. The van der Waals surface area contributed by atoms with Crippen LogP contribution in [-0.4, -0.2) is 21.7 Å². The molecule has 2 aromatic rings. The van der Waals surface area contributed by atoms with Crippen LogP contribution in [0, 0.1) is 5.82 Å². The van der Waals surface area contributed by atoms with Crippen molar-refractivity contribution in [2.24, 2.45) is 0 Å². The molecule has 2 rings (SSSR count).